The second-order valence-electron chi connectivity index (χ2n) is 2.95. The van der Waals surface area contributed by atoms with E-state index in [1.54, 1.807) is 0 Å². The number of rotatable bonds is 2. The molecule has 1 saturated heterocycles. The van der Waals surface area contributed by atoms with Crippen LogP contribution in [0.5, 0.6) is 0 Å². The van der Waals surface area contributed by atoms with Crippen molar-refractivity contribution in [3.8, 4) is 0 Å². The van der Waals surface area contributed by atoms with E-state index in [0.29, 0.717) is 5.92 Å². The fourth-order valence-electron chi connectivity index (χ4n) is 0.902. The van der Waals surface area contributed by atoms with Gasteiger partial charge in [0.25, 0.3) is 0 Å². The number of nitrogens with two attached hydrogens (primary N) is 1. The standard InChI is InChI=1S/C6H13NO/c1-5(2)3-6(7)4-8-6/h5H,3-4,7H2,1-2H3. The summed E-state index contributed by atoms with van der Waals surface area (Å²) < 4.78 is 4.98. The fraction of sp³-hybridized carbons (Fsp3) is 1.00. The molecule has 48 valence electrons. The van der Waals surface area contributed by atoms with E-state index in [0.717, 1.165) is 13.0 Å². The zero-order chi connectivity index (χ0) is 6.20. The summed E-state index contributed by atoms with van der Waals surface area (Å²) in [6.07, 6.45) is 0.993. The lowest BCUT2D eigenvalue weighted by atomic mass is 10.1. The van der Waals surface area contributed by atoms with Crippen molar-refractivity contribution in [2.45, 2.75) is 26.0 Å². The topological polar surface area (TPSA) is 38.5 Å². The molecule has 0 aromatic rings. The van der Waals surface area contributed by atoms with Gasteiger partial charge >= 0.3 is 0 Å². The molecule has 1 rings (SSSR count). The highest BCUT2D eigenvalue weighted by Gasteiger charge is 2.40. The Morgan fingerprint density at radius 2 is 2.25 bits per heavy atom. The summed E-state index contributed by atoms with van der Waals surface area (Å²) >= 11 is 0. The van der Waals surface area contributed by atoms with E-state index >= 15 is 0 Å². The molecule has 0 bridgehead atoms. The third-order valence-corrected chi connectivity index (χ3v) is 1.27. The Hall–Kier alpha value is -0.0800. The quantitative estimate of drug-likeness (QED) is 0.538. The average Bonchev–Trinajstić information content (AvgIpc) is 2.17. The SMILES string of the molecule is CC(C)CC1(N)CO1. The Morgan fingerprint density at radius 3 is 2.38 bits per heavy atom. The number of epoxide rings is 1. The highest BCUT2D eigenvalue weighted by atomic mass is 16.6. The maximum atomic E-state index is 5.63. The second kappa shape index (κ2) is 1.71. The third kappa shape index (κ3) is 1.46. The molecule has 1 unspecified atom stereocenters. The van der Waals surface area contributed by atoms with Gasteiger partial charge in [-0.25, -0.2) is 0 Å². The number of ether oxygens (including phenoxy) is 1. The van der Waals surface area contributed by atoms with Crippen molar-refractivity contribution in [3.63, 3.8) is 0 Å². The van der Waals surface area contributed by atoms with Crippen LogP contribution in [0.2, 0.25) is 0 Å². The molecule has 0 aromatic carbocycles. The Labute approximate surface area is 50.0 Å². The van der Waals surface area contributed by atoms with Crippen molar-refractivity contribution in [2.75, 3.05) is 6.61 Å². The van der Waals surface area contributed by atoms with Crippen molar-refractivity contribution in [1.82, 2.24) is 0 Å². The summed E-state index contributed by atoms with van der Waals surface area (Å²) in [7, 11) is 0. The average molecular weight is 115 g/mol. The summed E-state index contributed by atoms with van der Waals surface area (Å²) in [6.45, 7) is 5.05. The van der Waals surface area contributed by atoms with Crippen molar-refractivity contribution in [2.24, 2.45) is 11.7 Å². The summed E-state index contributed by atoms with van der Waals surface area (Å²) in [5.41, 5.74) is 5.40. The zero-order valence-corrected chi connectivity index (χ0v) is 5.48. The minimum Gasteiger partial charge on any atom is -0.354 e. The molecule has 0 radical (unpaired) electrons. The van der Waals surface area contributed by atoms with Gasteiger partial charge in [-0.3, -0.25) is 0 Å². The van der Waals surface area contributed by atoms with E-state index < -0.39 is 0 Å². The van der Waals surface area contributed by atoms with Crippen LogP contribution in [0.4, 0.5) is 0 Å². The molecule has 1 aliphatic heterocycles. The van der Waals surface area contributed by atoms with E-state index in [1.807, 2.05) is 0 Å². The Bertz CT molecular complexity index is 86.5. The van der Waals surface area contributed by atoms with Gasteiger partial charge in [0.1, 0.15) is 5.72 Å². The van der Waals surface area contributed by atoms with Crippen LogP contribution in [0, 0.1) is 5.92 Å². The first-order valence-electron chi connectivity index (χ1n) is 3.05. The lowest BCUT2D eigenvalue weighted by Gasteiger charge is -2.06. The van der Waals surface area contributed by atoms with Crippen molar-refractivity contribution >= 4 is 0 Å². The normalized spacial score (nSPS) is 36.0. The molecule has 1 atom stereocenters. The molecule has 0 aromatic heterocycles. The number of hydrogen-bond acceptors (Lipinski definition) is 2. The molecule has 2 heteroatoms. The minimum atomic E-state index is -0.228. The molecule has 0 aliphatic carbocycles. The van der Waals surface area contributed by atoms with Gasteiger partial charge in [-0.2, -0.15) is 0 Å². The molecule has 2 N–H and O–H groups in total. The van der Waals surface area contributed by atoms with Crippen molar-refractivity contribution in [3.05, 3.63) is 0 Å². The zero-order valence-electron chi connectivity index (χ0n) is 5.48. The monoisotopic (exact) mass is 115 g/mol. The van der Waals surface area contributed by atoms with Gasteiger partial charge in [-0.05, 0) is 12.3 Å². The molecule has 1 aliphatic rings. The predicted molar refractivity (Wildman–Crippen MR) is 32.3 cm³/mol. The van der Waals surface area contributed by atoms with Crippen LogP contribution in [-0.2, 0) is 4.74 Å². The van der Waals surface area contributed by atoms with Gasteiger partial charge in [0.2, 0.25) is 0 Å². The first-order valence-corrected chi connectivity index (χ1v) is 3.05. The van der Waals surface area contributed by atoms with Gasteiger partial charge in [0, 0.05) is 0 Å². The van der Waals surface area contributed by atoms with E-state index in [4.69, 9.17) is 10.5 Å². The fourth-order valence-corrected chi connectivity index (χ4v) is 0.902. The summed E-state index contributed by atoms with van der Waals surface area (Å²) in [5, 5.41) is 0. The molecule has 2 nitrogen and oxygen atoms in total. The largest absolute Gasteiger partial charge is 0.354 e. The summed E-state index contributed by atoms with van der Waals surface area (Å²) in [6, 6.07) is 0. The van der Waals surface area contributed by atoms with Crippen LogP contribution < -0.4 is 5.73 Å². The van der Waals surface area contributed by atoms with E-state index in [9.17, 15) is 0 Å². The van der Waals surface area contributed by atoms with Gasteiger partial charge in [-0.1, -0.05) is 13.8 Å². The Kier molecular flexibility index (Phi) is 1.29. The van der Waals surface area contributed by atoms with E-state index in [2.05, 4.69) is 13.8 Å². The number of hydrogen-bond donors (Lipinski definition) is 1. The van der Waals surface area contributed by atoms with E-state index in [-0.39, 0.29) is 5.72 Å². The molecule has 0 saturated carbocycles. The van der Waals surface area contributed by atoms with Gasteiger partial charge in [0.15, 0.2) is 0 Å². The van der Waals surface area contributed by atoms with Crippen LogP contribution in [0.25, 0.3) is 0 Å². The van der Waals surface area contributed by atoms with Crippen LogP contribution in [-0.4, -0.2) is 12.3 Å². The highest BCUT2D eigenvalue weighted by molar-refractivity contribution is 4.85. The second-order valence-corrected chi connectivity index (χ2v) is 2.95. The van der Waals surface area contributed by atoms with Gasteiger partial charge in [0.05, 0.1) is 6.61 Å². The maximum Gasteiger partial charge on any atom is 0.140 e. The van der Waals surface area contributed by atoms with Crippen molar-refractivity contribution < 1.29 is 4.74 Å². The molecule has 1 fully saturated rings. The van der Waals surface area contributed by atoms with Gasteiger partial charge < -0.3 is 10.5 Å². The molecule has 0 spiro atoms. The van der Waals surface area contributed by atoms with Gasteiger partial charge in [-0.15, -0.1) is 0 Å². The van der Waals surface area contributed by atoms with Crippen LogP contribution in [0.1, 0.15) is 20.3 Å². The summed E-state index contributed by atoms with van der Waals surface area (Å²) in [5.74, 6) is 0.655. The smallest absolute Gasteiger partial charge is 0.140 e. The Morgan fingerprint density at radius 1 is 1.75 bits per heavy atom. The predicted octanol–water partition coefficient (Wildman–Crippen LogP) is 0.718. The van der Waals surface area contributed by atoms with E-state index in [1.165, 1.54) is 0 Å². The minimum absolute atomic E-state index is 0.228. The third-order valence-electron chi connectivity index (χ3n) is 1.27. The van der Waals surface area contributed by atoms with Crippen molar-refractivity contribution in [1.29, 1.82) is 0 Å². The first kappa shape index (κ1) is 6.05. The lowest BCUT2D eigenvalue weighted by molar-refractivity contribution is 0.271. The molecular weight excluding hydrogens is 102 g/mol. The molecular formula is C6H13NO. The van der Waals surface area contributed by atoms with Crippen LogP contribution in [0.3, 0.4) is 0 Å². The molecule has 0 amide bonds. The van der Waals surface area contributed by atoms with Crippen LogP contribution in [0.15, 0.2) is 0 Å². The molecule has 1 heterocycles. The van der Waals surface area contributed by atoms with Crippen LogP contribution >= 0.6 is 0 Å². The lowest BCUT2D eigenvalue weighted by Crippen LogP contribution is -2.25. The Balaban J connectivity index is 2.19. The summed E-state index contributed by atoms with van der Waals surface area (Å²) in [4.78, 5) is 0. The molecule has 8 heavy (non-hydrogen) atoms. The maximum absolute atomic E-state index is 5.63. The highest BCUT2D eigenvalue weighted by Crippen LogP contribution is 2.27. The first-order chi connectivity index (χ1) is 3.62.